The predicted molar refractivity (Wildman–Crippen MR) is 64.2 cm³/mol. The van der Waals surface area contributed by atoms with Crippen molar-refractivity contribution in [3.8, 4) is 0 Å². The SMILES string of the molecule is COCC(NCC1Cc2ccccc21)C(=O)O. The van der Waals surface area contributed by atoms with Crippen LogP contribution in [0.5, 0.6) is 0 Å². The number of rotatable bonds is 6. The summed E-state index contributed by atoms with van der Waals surface area (Å²) < 4.78 is 4.88. The highest BCUT2D eigenvalue weighted by molar-refractivity contribution is 5.73. The van der Waals surface area contributed by atoms with Crippen molar-refractivity contribution in [3.63, 3.8) is 0 Å². The van der Waals surface area contributed by atoms with E-state index in [2.05, 4.69) is 17.4 Å². The second-order valence-electron chi connectivity index (χ2n) is 4.35. The van der Waals surface area contributed by atoms with Gasteiger partial charge in [-0.15, -0.1) is 0 Å². The average molecular weight is 235 g/mol. The van der Waals surface area contributed by atoms with Gasteiger partial charge in [-0.1, -0.05) is 24.3 Å². The fourth-order valence-electron chi connectivity index (χ4n) is 2.21. The standard InChI is InChI=1S/C13H17NO3/c1-17-8-12(13(15)16)14-7-10-6-9-4-2-3-5-11(9)10/h2-5,10,12,14H,6-8H2,1H3,(H,15,16). The van der Waals surface area contributed by atoms with E-state index in [4.69, 9.17) is 9.84 Å². The highest BCUT2D eigenvalue weighted by Gasteiger charge is 2.27. The molecular weight excluding hydrogens is 218 g/mol. The Morgan fingerprint density at radius 3 is 3.00 bits per heavy atom. The van der Waals surface area contributed by atoms with Crippen molar-refractivity contribution in [1.82, 2.24) is 5.32 Å². The highest BCUT2D eigenvalue weighted by atomic mass is 16.5. The molecule has 4 nitrogen and oxygen atoms in total. The zero-order valence-corrected chi connectivity index (χ0v) is 9.85. The second kappa shape index (κ2) is 5.29. The number of aliphatic carboxylic acids is 1. The normalized spacial score (nSPS) is 19.2. The third kappa shape index (κ3) is 2.65. The average Bonchev–Trinajstić information content (AvgIpc) is 2.28. The van der Waals surface area contributed by atoms with Crippen LogP contribution in [0.3, 0.4) is 0 Å². The maximum atomic E-state index is 10.9. The van der Waals surface area contributed by atoms with Crippen molar-refractivity contribution >= 4 is 5.97 Å². The van der Waals surface area contributed by atoms with Gasteiger partial charge in [0.15, 0.2) is 0 Å². The number of hydrogen-bond donors (Lipinski definition) is 2. The van der Waals surface area contributed by atoms with Crippen LogP contribution < -0.4 is 5.32 Å². The third-order valence-corrected chi connectivity index (χ3v) is 3.20. The number of benzene rings is 1. The van der Waals surface area contributed by atoms with Gasteiger partial charge in [0, 0.05) is 19.6 Å². The van der Waals surface area contributed by atoms with E-state index >= 15 is 0 Å². The van der Waals surface area contributed by atoms with E-state index in [0.717, 1.165) is 6.42 Å². The fraction of sp³-hybridized carbons (Fsp3) is 0.462. The molecule has 0 bridgehead atoms. The van der Waals surface area contributed by atoms with Gasteiger partial charge in [0.1, 0.15) is 6.04 Å². The van der Waals surface area contributed by atoms with Crippen LogP contribution in [0, 0.1) is 0 Å². The molecule has 0 radical (unpaired) electrons. The van der Waals surface area contributed by atoms with E-state index in [0.29, 0.717) is 12.5 Å². The van der Waals surface area contributed by atoms with Gasteiger partial charge < -0.3 is 15.2 Å². The number of carbonyl (C=O) groups is 1. The van der Waals surface area contributed by atoms with Crippen LogP contribution in [0.15, 0.2) is 24.3 Å². The maximum absolute atomic E-state index is 10.9. The van der Waals surface area contributed by atoms with E-state index in [1.54, 1.807) is 0 Å². The molecule has 1 aromatic carbocycles. The quantitative estimate of drug-likeness (QED) is 0.772. The molecule has 2 rings (SSSR count). The van der Waals surface area contributed by atoms with E-state index in [9.17, 15) is 4.79 Å². The minimum Gasteiger partial charge on any atom is -0.480 e. The summed E-state index contributed by atoms with van der Waals surface area (Å²) in [5, 5.41) is 12.0. The van der Waals surface area contributed by atoms with Gasteiger partial charge >= 0.3 is 5.97 Å². The zero-order chi connectivity index (χ0) is 12.3. The Balaban J connectivity index is 1.86. The number of carboxylic acids is 1. The first-order valence-electron chi connectivity index (χ1n) is 5.75. The van der Waals surface area contributed by atoms with Gasteiger partial charge in [0.05, 0.1) is 6.61 Å². The molecule has 92 valence electrons. The molecule has 0 aliphatic heterocycles. The van der Waals surface area contributed by atoms with Gasteiger partial charge in [0.2, 0.25) is 0 Å². The number of nitrogens with one attached hydrogen (secondary N) is 1. The topological polar surface area (TPSA) is 58.6 Å². The van der Waals surface area contributed by atoms with Crippen molar-refractivity contribution in [2.24, 2.45) is 0 Å². The Hall–Kier alpha value is -1.39. The molecule has 2 N–H and O–H groups in total. The van der Waals surface area contributed by atoms with E-state index in [1.807, 2.05) is 12.1 Å². The lowest BCUT2D eigenvalue weighted by Crippen LogP contribution is -2.43. The van der Waals surface area contributed by atoms with Crippen molar-refractivity contribution < 1.29 is 14.6 Å². The summed E-state index contributed by atoms with van der Waals surface area (Å²) in [6, 6.07) is 7.67. The van der Waals surface area contributed by atoms with Crippen LogP contribution in [0.4, 0.5) is 0 Å². The molecule has 4 heteroatoms. The maximum Gasteiger partial charge on any atom is 0.323 e. The molecule has 0 aromatic heterocycles. The monoisotopic (exact) mass is 235 g/mol. The van der Waals surface area contributed by atoms with E-state index < -0.39 is 12.0 Å². The lowest BCUT2D eigenvalue weighted by atomic mass is 9.77. The zero-order valence-electron chi connectivity index (χ0n) is 9.85. The molecule has 17 heavy (non-hydrogen) atoms. The minimum absolute atomic E-state index is 0.198. The Morgan fingerprint density at radius 1 is 1.59 bits per heavy atom. The number of hydrogen-bond acceptors (Lipinski definition) is 3. The molecule has 0 fully saturated rings. The number of methoxy groups -OCH3 is 1. The van der Waals surface area contributed by atoms with Gasteiger partial charge in [0.25, 0.3) is 0 Å². The van der Waals surface area contributed by atoms with E-state index in [1.165, 1.54) is 18.2 Å². The Kier molecular flexibility index (Phi) is 3.76. The van der Waals surface area contributed by atoms with Crippen LogP contribution in [0.25, 0.3) is 0 Å². The van der Waals surface area contributed by atoms with Crippen LogP contribution in [-0.2, 0) is 16.0 Å². The van der Waals surface area contributed by atoms with Crippen LogP contribution >= 0.6 is 0 Å². The summed E-state index contributed by atoms with van der Waals surface area (Å²) in [4.78, 5) is 10.9. The Morgan fingerprint density at radius 2 is 2.35 bits per heavy atom. The molecule has 0 heterocycles. The summed E-state index contributed by atoms with van der Waals surface area (Å²) in [5.41, 5.74) is 2.71. The number of carboxylic acid groups (broad SMARTS) is 1. The van der Waals surface area contributed by atoms with Crippen LogP contribution in [0.2, 0.25) is 0 Å². The van der Waals surface area contributed by atoms with Crippen LogP contribution in [0.1, 0.15) is 17.0 Å². The Labute approximate surface area is 101 Å². The molecule has 2 atom stereocenters. The molecule has 0 saturated carbocycles. The number of fused-ring (bicyclic) bond motifs is 1. The molecule has 1 aromatic rings. The lowest BCUT2D eigenvalue weighted by Gasteiger charge is -2.31. The summed E-state index contributed by atoms with van der Waals surface area (Å²) in [7, 11) is 1.51. The van der Waals surface area contributed by atoms with Gasteiger partial charge in [-0.05, 0) is 17.5 Å². The molecule has 0 saturated heterocycles. The molecule has 2 unspecified atom stereocenters. The van der Waals surface area contributed by atoms with E-state index in [-0.39, 0.29) is 6.61 Å². The smallest absolute Gasteiger partial charge is 0.323 e. The second-order valence-corrected chi connectivity index (χ2v) is 4.35. The van der Waals surface area contributed by atoms with Gasteiger partial charge in [-0.3, -0.25) is 4.79 Å². The molecule has 1 aliphatic carbocycles. The van der Waals surface area contributed by atoms with Crippen molar-refractivity contribution in [1.29, 1.82) is 0 Å². The molecule has 1 aliphatic rings. The fourth-order valence-corrected chi connectivity index (χ4v) is 2.21. The highest BCUT2D eigenvalue weighted by Crippen LogP contribution is 2.33. The lowest BCUT2D eigenvalue weighted by molar-refractivity contribution is -0.140. The largest absolute Gasteiger partial charge is 0.480 e. The summed E-state index contributed by atoms with van der Waals surface area (Å²) >= 11 is 0. The first kappa shape index (κ1) is 12.1. The summed E-state index contributed by atoms with van der Waals surface area (Å²) in [6.45, 7) is 0.890. The Bertz CT molecular complexity index is 405. The number of ether oxygens (including phenoxy) is 1. The summed E-state index contributed by atoms with van der Waals surface area (Å²) in [5.74, 6) is -0.427. The van der Waals surface area contributed by atoms with Crippen LogP contribution in [-0.4, -0.2) is 37.4 Å². The molecule has 0 spiro atoms. The van der Waals surface area contributed by atoms with Crippen molar-refractivity contribution in [2.45, 2.75) is 18.4 Å². The molecular formula is C13H17NO3. The van der Waals surface area contributed by atoms with Crippen molar-refractivity contribution in [3.05, 3.63) is 35.4 Å². The first-order chi connectivity index (χ1) is 8.22. The predicted octanol–water partition coefficient (Wildman–Crippen LogP) is 1.02. The van der Waals surface area contributed by atoms with Gasteiger partial charge in [-0.25, -0.2) is 0 Å². The van der Waals surface area contributed by atoms with Gasteiger partial charge in [-0.2, -0.15) is 0 Å². The van der Waals surface area contributed by atoms with Crippen molar-refractivity contribution in [2.75, 3.05) is 20.3 Å². The third-order valence-electron chi connectivity index (χ3n) is 3.20. The summed E-state index contributed by atoms with van der Waals surface area (Å²) in [6.07, 6.45) is 1.03. The molecule has 0 amide bonds. The minimum atomic E-state index is -0.862. The first-order valence-corrected chi connectivity index (χ1v) is 5.75.